The Kier molecular flexibility index (Phi) is 5.98. The van der Waals surface area contributed by atoms with Crippen molar-refractivity contribution < 1.29 is 17.6 Å². The molecule has 28 heavy (non-hydrogen) atoms. The number of nitrogens with zero attached hydrogens (tertiary/aromatic N) is 1. The van der Waals surface area contributed by atoms with E-state index in [1.54, 1.807) is 6.07 Å². The first-order chi connectivity index (χ1) is 13.2. The van der Waals surface area contributed by atoms with Crippen LogP contribution >= 0.6 is 12.2 Å². The van der Waals surface area contributed by atoms with Gasteiger partial charge in [0.15, 0.2) is 5.69 Å². The Morgan fingerprint density at radius 2 is 1.86 bits per heavy atom. The lowest BCUT2D eigenvalue weighted by atomic mass is 9.93. The second-order valence-electron chi connectivity index (χ2n) is 7.06. The number of benzene rings is 1. The Bertz CT molecular complexity index is 944. The molecule has 0 unspecified atom stereocenters. The molecule has 0 aliphatic heterocycles. The fourth-order valence-corrected chi connectivity index (χ4v) is 4.07. The van der Waals surface area contributed by atoms with Crippen LogP contribution < -0.4 is 0 Å². The van der Waals surface area contributed by atoms with E-state index in [-0.39, 0.29) is 16.2 Å². The lowest BCUT2D eigenvalue weighted by Crippen LogP contribution is -2.15. The minimum atomic E-state index is -4.56. The standard InChI is InChI=1S/C22H21F4NS/c1-3-5-20(28)19-10-14(12-27-21(19)22(24,25)26)16-6-4-7-17(16)18-11-15(23)9-8-13(18)2/h8-12H,3-7H2,1-2H3. The van der Waals surface area contributed by atoms with Crippen molar-refractivity contribution in [3.63, 3.8) is 0 Å². The molecule has 0 radical (unpaired) electrons. The highest BCUT2D eigenvalue weighted by Crippen LogP contribution is 2.42. The molecule has 0 saturated carbocycles. The van der Waals surface area contributed by atoms with E-state index in [0.29, 0.717) is 18.4 Å². The van der Waals surface area contributed by atoms with Crippen LogP contribution in [0.4, 0.5) is 17.6 Å². The Hall–Kier alpha value is -2.08. The van der Waals surface area contributed by atoms with Gasteiger partial charge in [-0.05, 0) is 78.6 Å². The van der Waals surface area contributed by atoms with E-state index in [1.165, 1.54) is 24.4 Å². The fourth-order valence-electron chi connectivity index (χ4n) is 3.71. The molecule has 0 amide bonds. The number of halogens is 4. The van der Waals surface area contributed by atoms with Crippen molar-refractivity contribution in [1.82, 2.24) is 4.98 Å². The normalized spacial score (nSPS) is 14.6. The first-order valence-electron chi connectivity index (χ1n) is 9.31. The zero-order valence-electron chi connectivity index (χ0n) is 15.8. The molecule has 0 N–H and O–H groups in total. The van der Waals surface area contributed by atoms with Gasteiger partial charge in [-0.2, -0.15) is 13.2 Å². The molecule has 1 aromatic heterocycles. The van der Waals surface area contributed by atoms with E-state index in [1.807, 2.05) is 13.8 Å². The molecule has 1 nitrogen and oxygen atoms in total. The van der Waals surface area contributed by atoms with Crippen molar-refractivity contribution in [3.8, 4) is 0 Å². The highest BCUT2D eigenvalue weighted by molar-refractivity contribution is 7.80. The highest BCUT2D eigenvalue weighted by atomic mass is 32.1. The van der Waals surface area contributed by atoms with Gasteiger partial charge in [-0.1, -0.05) is 31.6 Å². The van der Waals surface area contributed by atoms with Crippen molar-refractivity contribution in [2.75, 3.05) is 0 Å². The van der Waals surface area contributed by atoms with Gasteiger partial charge in [0, 0.05) is 16.6 Å². The zero-order chi connectivity index (χ0) is 20.5. The monoisotopic (exact) mass is 407 g/mol. The van der Waals surface area contributed by atoms with Crippen LogP contribution in [-0.4, -0.2) is 9.85 Å². The SMILES string of the molecule is CCCC(=S)c1cc(C2=C(c3cc(F)ccc3C)CCC2)cnc1C(F)(F)F. The molecule has 0 atom stereocenters. The van der Waals surface area contributed by atoms with E-state index < -0.39 is 11.9 Å². The van der Waals surface area contributed by atoms with E-state index in [2.05, 4.69) is 4.98 Å². The summed E-state index contributed by atoms with van der Waals surface area (Å²) in [6, 6.07) is 6.15. The average Bonchev–Trinajstić information content (AvgIpc) is 3.12. The summed E-state index contributed by atoms with van der Waals surface area (Å²) >= 11 is 5.27. The van der Waals surface area contributed by atoms with Crippen molar-refractivity contribution in [3.05, 3.63) is 64.2 Å². The van der Waals surface area contributed by atoms with E-state index in [0.717, 1.165) is 41.5 Å². The van der Waals surface area contributed by atoms with Gasteiger partial charge in [-0.3, -0.25) is 4.98 Å². The minimum Gasteiger partial charge on any atom is -0.251 e. The molecule has 1 aliphatic rings. The quantitative estimate of drug-likeness (QED) is 0.296. The summed E-state index contributed by atoms with van der Waals surface area (Å²) in [5, 5.41) is 0. The smallest absolute Gasteiger partial charge is 0.251 e. The first kappa shape index (κ1) is 20.6. The lowest BCUT2D eigenvalue weighted by molar-refractivity contribution is -0.141. The average molecular weight is 407 g/mol. The summed E-state index contributed by atoms with van der Waals surface area (Å²) in [5.74, 6) is -0.324. The molecular formula is C22H21F4NS. The van der Waals surface area contributed by atoms with E-state index in [4.69, 9.17) is 12.2 Å². The minimum absolute atomic E-state index is 0.0171. The maximum Gasteiger partial charge on any atom is 0.433 e. The summed E-state index contributed by atoms with van der Waals surface area (Å²) in [4.78, 5) is 4.01. The van der Waals surface area contributed by atoms with Crippen LogP contribution in [0, 0.1) is 12.7 Å². The van der Waals surface area contributed by atoms with Gasteiger partial charge < -0.3 is 0 Å². The Labute approximate surface area is 167 Å². The van der Waals surface area contributed by atoms with Gasteiger partial charge in [0.1, 0.15) is 5.82 Å². The van der Waals surface area contributed by atoms with Gasteiger partial charge in [-0.15, -0.1) is 0 Å². The second-order valence-corrected chi connectivity index (χ2v) is 7.55. The number of thiocarbonyl (C=S) groups is 1. The number of rotatable bonds is 5. The molecule has 2 aromatic rings. The highest BCUT2D eigenvalue weighted by Gasteiger charge is 2.36. The topological polar surface area (TPSA) is 12.9 Å². The van der Waals surface area contributed by atoms with Crippen molar-refractivity contribution in [2.24, 2.45) is 0 Å². The molecule has 3 rings (SSSR count). The maximum atomic E-state index is 13.8. The summed E-state index contributed by atoms with van der Waals surface area (Å²) < 4.78 is 54.1. The Morgan fingerprint density at radius 3 is 2.54 bits per heavy atom. The van der Waals surface area contributed by atoms with Crippen LogP contribution in [-0.2, 0) is 6.18 Å². The maximum absolute atomic E-state index is 13.8. The third-order valence-corrected chi connectivity index (χ3v) is 5.45. The molecular weight excluding hydrogens is 386 g/mol. The second kappa shape index (κ2) is 8.11. The molecule has 0 fully saturated rings. The van der Waals surface area contributed by atoms with Gasteiger partial charge in [0.2, 0.25) is 0 Å². The van der Waals surface area contributed by atoms with Crippen LogP contribution in [0.5, 0.6) is 0 Å². The fraction of sp³-hybridized carbons (Fsp3) is 0.364. The van der Waals surface area contributed by atoms with Crippen molar-refractivity contribution >= 4 is 28.2 Å². The largest absolute Gasteiger partial charge is 0.433 e. The Morgan fingerprint density at radius 1 is 1.14 bits per heavy atom. The molecule has 1 aromatic carbocycles. The molecule has 1 aliphatic carbocycles. The molecule has 148 valence electrons. The predicted molar refractivity (Wildman–Crippen MR) is 108 cm³/mol. The van der Waals surface area contributed by atoms with Crippen molar-refractivity contribution in [2.45, 2.75) is 52.1 Å². The van der Waals surface area contributed by atoms with Crippen LogP contribution in [0.3, 0.4) is 0 Å². The third-order valence-electron chi connectivity index (χ3n) is 5.02. The summed E-state index contributed by atoms with van der Waals surface area (Å²) in [7, 11) is 0. The third kappa shape index (κ3) is 4.17. The molecule has 0 bridgehead atoms. The van der Waals surface area contributed by atoms with E-state index >= 15 is 0 Å². The number of aryl methyl sites for hydroxylation is 1. The van der Waals surface area contributed by atoms with Crippen LogP contribution in [0.25, 0.3) is 11.1 Å². The molecule has 1 heterocycles. The number of hydrogen-bond donors (Lipinski definition) is 0. The first-order valence-corrected chi connectivity index (χ1v) is 9.72. The number of allylic oxidation sites excluding steroid dienone is 2. The number of alkyl halides is 3. The molecule has 0 spiro atoms. The molecule has 0 saturated heterocycles. The predicted octanol–water partition coefficient (Wildman–Crippen LogP) is 7.16. The number of hydrogen-bond acceptors (Lipinski definition) is 2. The van der Waals surface area contributed by atoms with Gasteiger partial charge in [-0.25, -0.2) is 4.39 Å². The van der Waals surface area contributed by atoms with E-state index in [9.17, 15) is 17.6 Å². The zero-order valence-corrected chi connectivity index (χ0v) is 16.6. The van der Waals surface area contributed by atoms with Gasteiger partial charge in [0.25, 0.3) is 0 Å². The summed E-state index contributed by atoms with van der Waals surface area (Å²) in [6.45, 7) is 3.78. The summed E-state index contributed by atoms with van der Waals surface area (Å²) in [5.41, 5.74) is 3.34. The van der Waals surface area contributed by atoms with Crippen LogP contribution in [0.15, 0.2) is 30.5 Å². The lowest BCUT2D eigenvalue weighted by Gasteiger charge is -2.16. The van der Waals surface area contributed by atoms with Crippen LogP contribution in [0.2, 0.25) is 0 Å². The summed E-state index contributed by atoms with van der Waals surface area (Å²) in [6.07, 6.45) is 0.132. The van der Waals surface area contributed by atoms with Gasteiger partial charge in [0.05, 0.1) is 0 Å². The number of pyridine rings is 1. The molecule has 6 heteroatoms. The van der Waals surface area contributed by atoms with Crippen molar-refractivity contribution in [1.29, 1.82) is 0 Å². The van der Waals surface area contributed by atoms with Gasteiger partial charge >= 0.3 is 6.18 Å². The number of aromatic nitrogens is 1. The van der Waals surface area contributed by atoms with Crippen LogP contribution in [0.1, 0.15) is 67.0 Å². The Balaban J connectivity index is 2.15.